The quantitative estimate of drug-likeness (QED) is 0.181. The summed E-state index contributed by atoms with van der Waals surface area (Å²) in [5.74, 6) is 0. The fraction of sp³-hybridized carbons (Fsp3) is 0. The average molecular weight is 608 g/mol. The van der Waals surface area contributed by atoms with E-state index in [4.69, 9.17) is 0 Å². The zero-order valence-corrected chi connectivity index (χ0v) is 25.8. The van der Waals surface area contributed by atoms with Crippen LogP contribution in [0.3, 0.4) is 0 Å². The van der Waals surface area contributed by atoms with Gasteiger partial charge in [-0.3, -0.25) is 0 Å². The Morgan fingerprint density at radius 1 is 0.356 bits per heavy atom. The Morgan fingerprint density at radius 3 is 1.82 bits per heavy atom. The molecule has 0 unspecified atom stereocenters. The minimum Gasteiger partial charge on any atom is -0.310 e. The summed E-state index contributed by atoms with van der Waals surface area (Å²) in [6.07, 6.45) is 0. The molecule has 0 saturated carbocycles. The van der Waals surface area contributed by atoms with E-state index in [0.29, 0.717) is 0 Å². The second-order valence-corrected chi connectivity index (χ2v) is 13.8. The first kappa shape index (κ1) is 25.1. The molecule has 0 radical (unpaired) electrons. The van der Waals surface area contributed by atoms with Gasteiger partial charge in [0.2, 0.25) is 0 Å². The Balaban J connectivity index is 1.28. The Kier molecular flexibility index (Phi) is 5.39. The van der Waals surface area contributed by atoms with Crippen molar-refractivity contribution < 1.29 is 0 Å². The standard InChI is InChI=1S/C42H25NS2/c1-2-11-27(12-3-1)43(35-17-10-20-38-41(35)33-16-7-8-18-36(33)44-38)28-22-24-29-26(25-28)21-23-34-39(29)30-13-4-5-14-31(30)42-40(34)32-15-6-9-19-37(32)45-42/h1-25H. The molecule has 0 amide bonds. The molecular weight excluding hydrogens is 583 g/mol. The Morgan fingerprint density at radius 2 is 1.00 bits per heavy atom. The summed E-state index contributed by atoms with van der Waals surface area (Å²) in [5.41, 5.74) is 3.51. The second-order valence-electron chi connectivity index (χ2n) is 11.7. The van der Waals surface area contributed by atoms with E-state index < -0.39 is 0 Å². The summed E-state index contributed by atoms with van der Waals surface area (Å²) in [6.45, 7) is 0. The third-order valence-electron chi connectivity index (χ3n) is 9.20. The topological polar surface area (TPSA) is 3.24 Å². The van der Waals surface area contributed by atoms with Crippen LogP contribution in [-0.2, 0) is 0 Å². The van der Waals surface area contributed by atoms with Gasteiger partial charge in [-0.15, -0.1) is 22.7 Å². The molecule has 2 aromatic heterocycles. The van der Waals surface area contributed by atoms with E-state index in [1.165, 1.54) is 78.3 Å². The van der Waals surface area contributed by atoms with Crippen molar-refractivity contribution in [2.75, 3.05) is 4.90 Å². The molecular formula is C42H25NS2. The highest BCUT2D eigenvalue weighted by Crippen LogP contribution is 2.48. The zero-order chi connectivity index (χ0) is 29.5. The lowest BCUT2D eigenvalue weighted by molar-refractivity contribution is 1.31. The van der Waals surface area contributed by atoms with Crippen LogP contribution in [0.2, 0.25) is 0 Å². The van der Waals surface area contributed by atoms with Crippen molar-refractivity contribution in [1.82, 2.24) is 0 Å². The smallest absolute Gasteiger partial charge is 0.0554 e. The number of para-hydroxylation sites is 1. The minimum atomic E-state index is 1.15. The SMILES string of the molecule is c1ccc(N(c2ccc3c(ccc4c3c3ccccc3c3sc5ccccc5c43)c2)c2cccc3sc4ccccc4c23)cc1. The number of rotatable bonds is 3. The molecule has 2 heterocycles. The molecule has 0 saturated heterocycles. The van der Waals surface area contributed by atoms with Gasteiger partial charge in [-0.2, -0.15) is 0 Å². The van der Waals surface area contributed by atoms with Crippen LogP contribution < -0.4 is 4.90 Å². The van der Waals surface area contributed by atoms with Crippen molar-refractivity contribution in [3.8, 4) is 0 Å². The average Bonchev–Trinajstić information content (AvgIpc) is 3.68. The number of hydrogen-bond donors (Lipinski definition) is 0. The molecule has 1 nitrogen and oxygen atoms in total. The summed E-state index contributed by atoms with van der Waals surface area (Å²) >= 11 is 3.77. The lowest BCUT2D eigenvalue weighted by Crippen LogP contribution is -2.10. The fourth-order valence-electron chi connectivity index (χ4n) is 7.30. The van der Waals surface area contributed by atoms with Crippen LogP contribution in [-0.4, -0.2) is 0 Å². The maximum Gasteiger partial charge on any atom is 0.0554 e. The predicted molar refractivity (Wildman–Crippen MR) is 199 cm³/mol. The van der Waals surface area contributed by atoms with E-state index in [1.807, 2.05) is 22.7 Å². The molecule has 0 aliphatic carbocycles. The van der Waals surface area contributed by atoms with Crippen molar-refractivity contribution in [1.29, 1.82) is 0 Å². The number of nitrogens with zero attached hydrogens (tertiary/aromatic N) is 1. The monoisotopic (exact) mass is 607 g/mol. The maximum atomic E-state index is 2.43. The Bertz CT molecular complexity index is 2770. The van der Waals surface area contributed by atoms with Gasteiger partial charge in [0.15, 0.2) is 0 Å². The number of hydrogen-bond acceptors (Lipinski definition) is 3. The summed E-state index contributed by atoms with van der Waals surface area (Å²) in [4.78, 5) is 2.43. The van der Waals surface area contributed by atoms with Gasteiger partial charge < -0.3 is 4.90 Å². The molecule has 3 heteroatoms. The summed E-state index contributed by atoms with van der Waals surface area (Å²) < 4.78 is 5.34. The van der Waals surface area contributed by atoms with Crippen LogP contribution >= 0.6 is 22.7 Å². The number of benzene rings is 8. The normalized spacial score (nSPS) is 12.0. The third kappa shape index (κ3) is 3.66. The van der Waals surface area contributed by atoms with E-state index >= 15 is 0 Å². The molecule has 0 atom stereocenters. The zero-order valence-electron chi connectivity index (χ0n) is 24.2. The molecule has 0 spiro atoms. The molecule has 10 rings (SSSR count). The van der Waals surface area contributed by atoms with Crippen LogP contribution in [0.4, 0.5) is 17.1 Å². The van der Waals surface area contributed by atoms with Crippen molar-refractivity contribution in [2.24, 2.45) is 0 Å². The maximum absolute atomic E-state index is 2.43. The second kappa shape index (κ2) is 9.64. The van der Waals surface area contributed by atoms with Gasteiger partial charge in [-0.25, -0.2) is 0 Å². The first-order valence-corrected chi connectivity index (χ1v) is 16.9. The van der Waals surface area contributed by atoms with Crippen molar-refractivity contribution in [3.63, 3.8) is 0 Å². The van der Waals surface area contributed by atoms with Crippen LogP contribution in [0.25, 0.3) is 72.7 Å². The Hall–Kier alpha value is -5.22. The third-order valence-corrected chi connectivity index (χ3v) is 11.5. The van der Waals surface area contributed by atoms with Crippen molar-refractivity contribution in [3.05, 3.63) is 152 Å². The van der Waals surface area contributed by atoms with Gasteiger partial charge in [0.1, 0.15) is 0 Å². The molecule has 0 bridgehead atoms. The molecule has 0 fully saturated rings. The highest BCUT2D eigenvalue weighted by atomic mass is 32.1. The van der Waals surface area contributed by atoms with E-state index in [2.05, 4.69) is 157 Å². The minimum absolute atomic E-state index is 1.15. The largest absolute Gasteiger partial charge is 0.310 e. The highest BCUT2D eigenvalue weighted by Gasteiger charge is 2.20. The summed E-state index contributed by atoms with van der Waals surface area (Å²) in [5, 5.41) is 13.2. The van der Waals surface area contributed by atoms with Gasteiger partial charge in [-0.05, 0) is 75.5 Å². The van der Waals surface area contributed by atoms with Gasteiger partial charge >= 0.3 is 0 Å². The molecule has 210 valence electrons. The first-order valence-electron chi connectivity index (χ1n) is 15.3. The molecule has 45 heavy (non-hydrogen) atoms. The van der Waals surface area contributed by atoms with Gasteiger partial charge in [0, 0.05) is 57.1 Å². The fourth-order valence-corrected chi connectivity index (χ4v) is 9.69. The predicted octanol–water partition coefficient (Wildman–Crippen LogP) is 13.4. The number of fused-ring (bicyclic) bond motifs is 13. The number of anilines is 3. The van der Waals surface area contributed by atoms with Crippen LogP contribution in [0.15, 0.2) is 152 Å². The van der Waals surface area contributed by atoms with E-state index in [-0.39, 0.29) is 0 Å². The number of thiophene rings is 2. The van der Waals surface area contributed by atoms with Crippen LogP contribution in [0.1, 0.15) is 0 Å². The van der Waals surface area contributed by atoms with Gasteiger partial charge in [-0.1, -0.05) is 103 Å². The van der Waals surface area contributed by atoms with Crippen molar-refractivity contribution in [2.45, 2.75) is 0 Å². The first-order chi connectivity index (χ1) is 22.3. The summed E-state index contributed by atoms with van der Waals surface area (Å²) in [7, 11) is 0. The summed E-state index contributed by atoms with van der Waals surface area (Å²) in [6, 6.07) is 55.8. The Labute approximate surface area is 267 Å². The van der Waals surface area contributed by atoms with Gasteiger partial charge in [0.25, 0.3) is 0 Å². The lowest BCUT2D eigenvalue weighted by Gasteiger charge is -2.27. The van der Waals surface area contributed by atoms with E-state index in [1.54, 1.807) is 0 Å². The molecule has 0 aliphatic rings. The van der Waals surface area contributed by atoms with E-state index in [0.717, 1.165) is 11.4 Å². The molecule has 0 N–H and O–H groups in total. The van der Waals surface area contributed by atoms with Crippen LogP contribution in [0, 0.1) is 0 Å². The lowest BCUT2D eigenvalue weighted by atomic mass is 9.93. The molecule has 8 aromatic carbocycles. The van der Waals surface area contributed by atoms with Crippen LogP contribution in [0.5, 0.6) is 0 Å². The van der Waals surface area contributed by atoms with Gasteiger partial charge in [0.05, 0.1) is 5.69 Å². The van der Waals surface area contributed by atoms with E-state index in [9.17, 15) is 0 Å². The molecule has 0 aliphatic heterocycles. The highest BCUT2D eigenvalue weighted by molar-refractivity contribution is 7.27. The molecule has 10 aromatic rings. The van der Waals surface area contributed by atoms with Crippen molar-refractivity contribution >= 4 is 112 Å².